The van der Waals surface area contributed by atoms with Crippen LogP contribution in [0.1, 0.15) is 16.1 Å². The monoisotopic (exact) mass is 382 g/mol. The molecule has 0 atom stereocenters. The fourth-order valence-corrected chi connectivity index (χ4v) is 3.63. The lowest BCUT2D eigenvalue weighted by Gasteiger charge is -2.26. The van der Waals surface area contributed by atoms with Gasteiger partial charge in [-0.05, 0) is 33.6 Å². The highest BCUT2D eigenvalue weighted by Crippen LogP contribution is 2.38. The minimum absolute atomic E-state index is 0.00609. The number of benzene rings is 1. The zero-order valence-electron chi connectivity index (χ0n) is 11.8. The van der Waals surface area contributed by atoms with Crippen molar-refractivity contribution in [3.63, 3.8) is 0 Å². The van der Waals surface area contributed by atoms with Crippen molar-refractivity contribution >= 4 is 28.0 Å². The molecule has 0 spiro atoms. The largest absolute Gasteiger partial charge is 0.478 e. The van der Waals surface area contributed by atoms with Gasteiger partial charge in [0, 0.05) is 18.7 Å². The topological polar surface area (TPSA) is 82.8 Å². The van der Waals surface area contributed by atoms with E-state index in [9.17, 15) is 19.1 Å². The number of hydrogen-bond acceptors (Lipinski definition) is 2. The maximum atomic E-state index is 13.5. The van der Waals surface area contributed by atoms with E-state index in [1.165, 1.54) is 18.2 Å². The summed E-state index contributed by atoms with van der Waals surface area (Å²) in [7, 11) is 0. The number of aromatic nitrogens is 1. The second-order valence-electron chi connectivity index (χ2n) is 5.16. The van der Waals surface area contributed by atoms with Gasteiger partial charge in [-0.15, -0.1) is 0 Å². The van der Waals surface area contributed by atoms with Gasteiger partial charge in [-0.1, -0.05) is 12.1 Å². The summed E-state index contributed by atoms with van der Waals surface area (Å²) in [5, 5.41) is 18.7. The minimum Gasteiger partial charge on any atom is -0.478 e. The summed E-state index contributed by atoms with van der Waals surface area (Å²) in [4.78, 5) is 24.1. The zero-order valence-corrected chi connectivity index (χ0v) is 13.4. The smallest absolute Gasteiger partial charge is 0.407 e. The Morgan fingerprint density at radius 1 is 1.22 bits per heavy atom. The number of nitrogens with zero attached hydrogens (tertiary/aromatic N) is 2. The summed E-state index contributed by atoms with van der Waals surface area (Å²) in [6, 6.07) is 5.66. The number of fused-ring (bicyclic) bond motifs is 1. The highest BCUT2D eigenvalue weighted by Gasteiger charge is 2.32. The van der Waals surface area contributed by atoms with Crippen molar-refractivity contribution in [1.29, 1.82) is 0 Å². The molecule has 2 aromatic rings. The number of rotatable bonds is 2. The highest BCUT2D eigenvalue weighted by atomic mass is 79.9. The normalized spacial score (nSPS) is 13.7. The third-order valence-corrected chi connectivity index (χ3v) is 4.66. The predicted molar refractivity (Wildman–Crippen MR) is 82.9 cm³/mol. The van der Waals surface area contributed by atoms with Gasteiger partial charge >= 0.3 is 12.1 Å². The lowest BCUT2D eigenvalue weighted by atomic mass is 10.0. The number of carbonyl (C=O) groups is 2. The van der Waals surface area contributed by atoms with E-state index in [1.54, 1.807) is 10.6 Å². The predicted octanol–water partition coefficient (Wildman–Crippen LogP) is 3.25. The Morgan fingerprint density at radius 3 is 2.57 bits per heavy atom. The Labute approximate surface area is 138 Å². The number of amides is 1. The zero-order chi connectivity index (χ0) is 16.7. The van der Waals surface area contributed by atoms with Gasteiger partial charge in [-0.2, -0.15) is 0 Å². The lowest BCUT2D eigenvalue weighted by Crippen LogP contribution is -2.37. The van der Waals surface area contributed by atoms with Crippen LogP contribution in [-0.2, 0) is 13.1 Å². The van der Waals surface area contributed by atoms with Crippen LogP contribution in [0.2, 0.25) is 0 Å². The Morgan fingerprint density at radius 2 is 1.96 bits per heavy atom. The van der Waals surface area contributed by atoms with E-state index in [2.05, 4.69) is 15.9 Å². The Hall–Kier alpha value is -2.35. The van der Waals surface area contributed by atoms with Crippen LogP contribution in [0.5, 0.6) is 0 Å². The van der Waals surface area contributed by atoms with Crippen LogP contribution in [-0.4, -0.2) is 38.3 Å². The fraction of sp³-hybridized carbons (Fsp3) is 0.200. The van der Waals surface area contributed by atoms with Gasteiger partial charge in [0.25, 0.3) is 0 Å². The van der Waals surface area contributed by atoms with Gasteiger partial charge in [0.1, 0.15) is 5.82 Å². The van der Waals surface area contributed by atoms with Crippen molar-refractivity contribution in [2.45, 2.75) is 13.1 Å². The summed E-state index contributed by atoms with van der Waals surface area (Å²) in [6.07, 6.45) is -1.10. The molecule has 1 aromatic heterocycles. The minimum atomic E-state index is -1.18. The molecule has 0 saturated carbocycles. The van der Waals surface area contributed by atoms with Crippen LogP contribution in [0, 0.1) is 5.82 Å². The van der Waals surface area contributed by atoms with Crippen molar-refractivity contribution in [2.24, 2.45) is 0 Å². The maximum absolute atomic E-state index is 13.5. The van der Waals surface area contributed by atoms with Gasteiger partial charge in [0.15, 0.2) is 0 Å². The quantitative estimate of drug-likeness (QED) is 0.834. The molecule has 2 heterocycles. The number of carboxylic acid groups (broad SMARTS) is 2. The fourth-order valence-electron chi connectivity index (χ4n) is 2.81. The van der Waals surface area contributed by atoms with Crippen molar-refractivity contribution < 1.29 is 24.2 Å². The lowest BCUT2D eigenvalue weighted by molar-refractivity contribution is 0.0692. The molecule has 0 unspecified atom stereocenters. The van der Waals surface area contributed by atoms with Crippen molar-refractivity contribution in [2.75, 3.05) is 6.54 Å². The molecule has 8 heteroatoms. The molecule has 120 valence electrons. The van der Waals surface area contributed by atoms with Gasteiger partial charge in [0.2, 0.25) is 0 Å². The maximum Gasteiger partial charge on any atom is 0.407 e. The summed E-state index contributed by atoms with van der Waals surface area (Å²) >= 11 is 3.39. The van der Waals surface area contributed by atoms with Crippen molar-refractivity contribution in [3.05, 3.63) is 45.9 Å². The summed E-state index contributed by atoms with van der Waals surface area (Å²) in [6.45, 7) is 0.569. The first-order valence-corrected chi connectivity index (χ1v) is 7.57. The first-order chi connectivity index (χ1) is 10.9. The van der Waals surface area contributed by atoms with Crippen LogP contribution in [0.15, 0.2) is 28.9 Å². The molecular formula is C15H12BrFN2O4. The van der Waals surface area contributed by atoms with Crippen LogP contribution in [0.3, 0.4) is 0 Å². The Kier molecular flexibility index (Phi) is 3.85. The van der Waals surface area contributed by atoms with Gasteiger partial charge < -0.3 is 19.7 Å². The molecule has 1 aromatic carbocycles. The average molecular weight is 383 g/mol. The van der Waals surface area contributed by atoms with Crippen LogP contribution in [0.4, 0.5) is 9.18 Å². The van der Waals surface area contributed by atoms with E-state index in [-0.39, 0.29) is 18.7 Å². The van der Waals surface area contributed by atoms with E-state index < -0.39 is 17.9 Å². The molecule has 1 aliphatic rings. The molecule has 1 aliphatic heterocycles. The SMILES string of the molecule is O=C(O)c1c(-c2cccc(F)c2)c(Br)n2c1CN(C(=O)O)CC2. The van der Waals surface area contributed by atoms with Crippen molar-refractivity contribution in [3.8, 4) is 11.1 Å². The van der Waals surface area contributed by atoms with Crippen molar-refractivity contribution in [1.82, 2.24) is 9.47 Å². The third-order valence-electron chi connectivity index (χ3n) is 3.84. The molecule has 0 fully saturated rings. The van der Waals surface area contributed by atoms with Gasteiger partial charge in [-0.25, -0.2) is 14.0 Å². The summed E-state index contributed by atoms with van der Waals surface area (Å²) in [5.41, 5.74) is 1.17. The Balaban J connectivity index is 2.22. The second kappa shape index (κ2) is 5.69. The molecule has 0 radical (unpaired) electrons. The molecule has 1 amide bonds. The van der Waals surface area contributed by atoms with Crippen LogP contribution < -0.4 is 0 Å². The van der Waals surface area contributed by atoms with E-state index in [0.29, 0.717) is 28.0 Å². The molecule has 0 aliphatic carbocycles. The van der Waals surface area contributed by atoms with E-state index in [0.717, 1.165) is 4.90 Å². The van der Waals surface area contributed by atoms with Gasteiger partial charge in [-0.3, -0.25) is 0 Å². The summed E-state index contributed by atoms with van der Waals surface area (Å²) in [5.74, 6) is -1.65. The van der Waals surface area contributed by atoms with E-state index in [1.807, 2.05) is 0 Å². The first-order valence-electron chi connectivity index (χ1n) is 6.78. The third kappa shape index (κ3) is 2.59. The van der Waals surface area contributed by atoms with Crippen LogP contribution in [0.25, 0.3) is 11.1 Å². The van der Waals surface area contributed by atoms with E-state index in [4.69, 9.17) is 5.11 Å². The van der Waals surface area contributed by atoms with Crippen LogP contribution >= 0.6 is 15.9 Å². The summed E-state index contributed by atoms with van der Waals surface area (Å²) < 4.78 is 15.8. The first kappa shape index (κ1) is 15.5. The number of hydrogen-bond donors (Lipinski definition) is 2. The number of aromatic carboxylic acids is 1. The number of carboxylic acids is 1. The number of halogens is 2. The molecule has 3 rings (SSSR count). The Bertz CT molecular complexity index is 818. The molecule has 0 bridgehead atoms. The van der Waals surface area contributed by atoms with E-state index >= 15 is 0 Å². The second-order valence-corrected chi connectivity index (χ2v) is 5.91. The van der Waals surface area contributed by atoms with Gasteiger partial charge in [0.05, 0.1) is 22.4 Å². The standard InChI is InChI=1S/C15H12BrFN2O4/c16-13-11(8-2-1-3-9(17)6-8)12(14(20)21)10-7-18(15(22)23)4-5-19(10)13/h1-3,6H,4-5,7H2,(H,20,21)(H,22,23). The molecule has 6 nitrogen and oxygen atoms in total. The molecule has 2 N–H and O–H groups in total. The average Bonchev–Trinajstić information content (AvgIpc) is 2.80. The molecule has 23 heavy (non-hydrogen) atoms. The molecular weight excluding hydrogens is 371 g/mol. The molecule has 0 saturated heterocycles. The highest BCUT2D eigenvalue weighted by molar-refractivity contribution is 9.10.